The van der Waals surface area contributed by atoms with Gasteiger partial charge in [-0.25, -0.2) is 0 Å². The number of aromatic hydroxyl groups is 2. The van der Waals surface area contributed by atoms with Crippen LogP contribution in [0.15, 0.2) is 51.7 Å². The average Bonchev–Trinajstić information content (AvgIpc) is 2.44. The highest BCUT2D eigenvalue weighted by molar-refractivity contribution is 6.32. The Balaban J connectivity index is 2.21. The second-order valence-corrected chi connectivity index (χ2v) is 4.66. The third-order valence-corrected chi connectivity index (χ3v) is 3.15. The van der Waals surface area contributed by atoms with Crippen LogP contribution in [0, 0.1) is 0 Å². The fraction of sp³-hybridized carbons (Fsp3) is 0. The van der Waals surface area contributed by atoms with E-state index in [0.29, 0.717) is 5.75 Å². The second-order valence-electron chi connectivity index (χ2n) is 4.29. The summed E-state index contributed by atoms with van der Waals surface area (Å²) < 4.78 is 10.8. The number of rotatable bonds is 2. The molecular weight excluding hydrogens is 296 g/mol. The van der Waals surface area contributed by atoms with Crippen molar-refractivity contribution in [2.24, 2.45) is 0 Å². The van der Waals surface area contributed by atoms with Crippen LogP contribution in [0.25, 0.3) is 11.0 Å². The first kappa shape index (κ1) is 13.3. The summed E-state index contributed by atoms with van der Waals surface area (Å²) in [7, 11) is 0. The topological polar surface area (TPSA) is 79.9 Å². The molecule has 21 heavy (non-hydrogen) atoms. The maximum absolute atomic E-state index is 12.2. The predicted octanol–water partition coefficient (Wildman–Crippen LogP) is 3.65. The lowest BCUT2D eigenvalue weighted by Gasteiger charge is -2.08. The molecular formula is C15H9ClO5. The number of hydrogen-bond donors (Lipinski definition) is 2. The lowest BCUT2D eigenvalue weighted by molar-refractivity contribution is 0.353. The van der Waals surface area contributed by atoms with Crippen LogP contribution in [-0.2, 0) is 0 Å². The van der Waals surface area contributed by atoms with Gasteiger partial charge in [0.15, 0.2) is 5.02 Å². The summed E-state index contributed by atoms with van der Waals surface area (Å²) in [6.45, 7) is 0. The van der Waals surface area contributed by atoms with Crippen molar-refractivity contribution in [3.05, 3.63) is 57.7 Å². The van der Waals surface area contributed by atoms with E-state index in [9.17, 15) is 15.0 Å². The maximum Gasteiger partial charge on any atom is 0.314 e. The Hall–Kier alpha value is -2.66. The largest absolute Gasteiger partial charge is 0.508 e. The fourth-order valence-corrected chi connectivity index (χ4v) is 2.08. The Labute approximate surface area is 123 Å². The SMILES string of the molecule is O=c1c(Cl)c(Oc2ccccc2)oc2cc(O)cc(O)c12. The van der Waals surface area contributed by atoms with Gasteiger partial charge in [0.2, 0.25) is 5.43 Å². The van der Waals surface area contributed by atoms with E-state index in [1.54, 1.807) is 30.3 Å². The number of phenolic OH excluding ortho intramolecular Hbond substituents is 2. The molecule has 0 amide bonds. The Morgan fingerprint density at radius 1 is 1.10 bits per heavy atom. The second kappa shape index (κ2) is 5.03. The Morgan fingerprint density at radius 3 is 2.52 bits per heavy atom. The number of hydrogen-bond acceptors (Lipinski definition) is 5. The summed E-state index contributed by atoms with van der Waals surface area (Å²) in [5.41, 5.74) is -0.658. The molecule has 0 atom stereocenters. The standard InChI is InChI=1S/C15H9ClO5/c16-13-14(19)12-10(18)6-8(17)7-11(12)21-15(13)20-9-4-2-1-3-5-9/h1-7,17-18H. The lowest BCUT2D eigenvalue weighted by atomic mass is 10.2. The number of phenols is 2. The molecule has 106 valence electrons. The van der Waals surface area contributed by atoms with Gasteiger partial charge in [-0.05, 0) is 12.1 Å². The van der Waals surface area contributed by atoms with Crippen molar-refractivity contribution in [1.82, 2.24) is 0 Å². The molecule has 0 aliphatic carbocycles. The molecule has 3 aromatic rings. The molecule has 3 rings (SSSR count). The molecule has 2 aromatic carbocycles. The molecule has 6 heteroatoms. The van der Waals surface area contributed by atoms with E-state index >= 15 is 0 Å². The molecule has 1 heterocycles. The summed E-state index contributed by atoms with van der Waals surface area (Å²) in [5, 5.41) is 18.8. The van der Waals surface area contributed by atoms with E-state index in [2.05, 4.69) is 0 Å². The van der Waals surface area contributed by atoms with E-state index in [4.69, 9.17) is 20.8 Å². The van der Waals surface area contributed by atoms with Crippen molar-refractivity contribution < 1.29 is 19.4 Å². The summed E-state index contributed by atoms with van der Waals surface area (Å²) in [5.74, 6) is -0.417. The zero-order chi connectivity index (χ0) is 15.0. The van der Waals surface area contributed by atoms with Crippen molar-refractivity contribution in [1.29, 1.82) is 0 Å². The van der Waals surface area contributed by atoms with Crippen LogP contribution in [0.1, 0.15) is 0 Å². The smallest absolute Gasteiger partial charge is 0.314 e. The number of fused-ring (bicyclic) bond motifs is 1. The fourth-order valence-electron chi connectivity index (χ4n) is 1.90. The van der Waals surface area contributed by atoms with Gasteiger partial charge in [-0.2, -0.15) is 0 Å². The van der Waals surface area contributed by atoms with Gasteiger partial charge in [-0.15, -0.1) is 0 Å². The molecule has 1 aromatic heterocycles. The molecule has 0 aliphatic heterocycles. The van der Waals surface area contributed by atoms with Crippen LogP contribution in [0.5, 0.6) is 23.2 Å². The molecule has 5 nitrogen and oxygen atoms in total. The van der Waals surface area contributed by atoms with Crippen molar-refractivity contribution in [3.8, 4) is 23.2 Å². The van der Waals surface area contributed by atoms with Gasteiger partial charge in [0.1, 0.15) is 28.2 Å². The predicted molar refractivity (Wildman–Crippen MR) is 77.3 cm³/mol. The summed E-state index contributed by atoms with van der Waals surface area (Å²) >= 11 is 5.93. The van der Waals surface area contributed by atoms with E-state index in [0.717, 1.165) is 6.07 Å². The van der Waals surface area contributed by atoms with Gasteiger partial charge in [0.25, 0.3) is 0 Å². The summed E-state index contributed by atoms with van der Waals surface area (Å²) in [6, 6.07) is 10.9. The van der Waals surface area contributed by atoms with Gasteiger partial charge >= 0.3 is 5.95 Å². The highest BCUT2D eigenvalue weighted by Gasteiger charge is 2.18. The molecule has 0 bridgehead atoms. The molecule has 0 spiro atoms. The van der Waals surface area contributed by atoms with Crippen molar-refractivity contribution in [2.75, 3.05) is 0 Å². The van der Waals surface area contributed by atoms with Crippen LogP contribution in [0.4, 0.5) is 0 Å². The lowest BCUT2D eigenvalue weighted by Crippen LogP contribution is -2.04. The van der Waals surface area contributed by atoms with Crippen molar-refractivity contribution >= 4 is 22.6 Å². The highest BCUT2D eigenvalue weighted by atomic mass is 35.5. The van der Waals surface area contributed by atoms with Gasteiger partial charge in [0.05, 0.1) is 0 Å². The van der Waals surface area contributed by atoms with Crippen LogP contribution < -0.4 is 10.2 Å². The van der Waals surface area contributed by atoms with E-state index in [-0.39, 0.29) is 27.7 Å². The summed E-state index contributed by atoms with van der Waals surface area (Å²) in [4.78, 5) is 12.2. The number of para-hydroxylation sites is 1. The van der Waals surface area contributed by atoms with Gasteiger partial charge in [-0.3, -0.25) is 4.79 Å². The number of ether oxygens (including phenoxy) is 1. The van der Waals surface area contributed by atoms with Gasteiger partial charge in [0, 0.05) is 12.1 Å². The van der Waals surface area contributed by atoms with Crippen molar-refractivity contribution in [2.45, 2.75) is 0 Å². The molecule has 0 unspecified atom stereocenters. The zero-order valence-corrected chi connectivity index (χ0v) is 11.3. The van der Waals surface area contributed by atoms with Gasteiger partial charge < -0.3 is 19.4 Å². The summed E-state index contributed by atoms with van der Waals surface area (Å²) in [6.07, 6.45) is 0. The average molecular weight is 305 g/mol. The maximum atomic E-state index is 12.2. The van der Waals surface area contributed by atoms with E-state index in [1.165, 1.54) is 6.07 Å². The Bertz CT molecular complexity index is 871. The normalized spacial score (nSPS) is 10.7. The zero-order valence-electron chi connectivity index (χ0n) is 10.5. The Kier molecular flexibility index (Phi) is 3.19. The first-order valence-electron chi connectivity index (χ1n) is 5.97. The number of halogens is 1. The van der Waals surface area contributed by atoms with E-state index < -0.39 is 11.2 Å². The molecule has 0 fully saturated rings. The molecule has 0 aliphatic rings. The van der Waals surface area contributed by atoms with Crippen LogP contribution >= 0.6 is 11.6 Å². The minimum atomic E-state index is -0.638. The first-order chi connectivity index (χ1) is 10.1. The minimum Gasteiger partial charge on any atom is -0.508 e. The van der Waals surface area contributed by atoms with Crippen LogP contribution in [0.2, 0.25) is 5.02 Å². The third kappa shape index (κ3) is 2.39. The quantitative estimate of drug-likeness (QED) is 0.755. The highest BCUT2D eigenvalue weighted by Crippen LogP contribution is 2.34. The molecule has 0 saturated carbocycles. The molecule has 2 N–H and O–H groups in total. The minimum absolute atomic E-state index is 0.0205. The Morgan fingerprint density at radius 2 is 1.81 bits per heavy atom. The number of benzene rings is 2. The first-order valence-corrected chi connectivity index (χ1v) is 6.35. The van der Waals surface area contributed by atoms with Crippen LogP contribution in [0.3, 0.4) is 0 Å². The third-order valence-electron chi connectivity index (χ3n) is 2.83. The van der Waals surface area contributed by atoms with E-state index in [1.807, 2.05) is 0 Å². The van der Waals surface area contributed by atoms with Gasteiger partial charge in [-0.1, -0.05) is 29.8 Å². The van der Waals surface area contributed by atoms with Crippen LogP contribution in [-0.4, -0.2) is 10.2 Å². The van der Waals surface area contributed by atoms with Crippen molar-refractivity contribution in [3.63, 3.8) is 0 Å². The molecule has 0 saturated heterocycles. The monoisotopic (exact) mass is 304 g/mol. The molecule has 0 radical (unpaired) electrons.